The normalized spacial score (nSPS) is 19.9. The van der Waals surface area contributed by atoms with Crippen LogP contribution in [0.25, 0.3) is 0 Å². The van der Waals surface area contributed by atoms with Crippen molar-refractivity contribution in [3.05, 3.63) is 34.3 Å². The van der Waals surface area contributed by atoms with Crippen molar-refractivity contribution in [2.45, 2.75) is 330 Å². The van der Waals surface area contributed by atoms with Gasteiger partial charge in [0.1, 0.15) is 88.4 Å². The topological polar surface area (TPSA) is 552 Å². The Morgan fingerprint density at radius 3 is 1.24 bits per heavy atom. The van der Waals surface area contributed by atoms with Gasteiger partial charge in [-0.05, 0) is 199 Å². The van der Waals surface area contributed by atoms with Gasteiger partial charge in [0, 0.05) is 56.6 Å². The first-order valence-electron chi connectivity index (χ1n) is 41.2. The van der Waals surface area contributed by atoms with Crippen LogP contribution >= 0.6 is 15.9 Å². The lowest BCUT2D eigenvalue weighted by atomic mass is 10.00. The molecule has 39 nitrogen and oxygen atoms in total. The van der Waals surface area contributed by atoms with Crippen molar-refractivity contribution in [1.29, 1.82) is 0 Å². The van der Waals surface area contributed by atoms with E-state index in [1.165, 1.54) is 0 Å². The van der Waals surface area contributed by atoms with Crippen molar-refractivity contribution in [3.63, 3.8) is 0 Å². The molecule has 0 radical (unpaired) electrons. The number of hydrogen-bond acceptors (Lipinski definition) is 23. The van der Waals surface area contributed by atoms with Gasteiger partial charge >= 0.3 is 30.5 Å². The number of ether oxygens (including phenoxy) is 5. The van der Waals surface area contributed by atoms with Crippen LogP contribution in [0.2, 0.25) is 0 Å². The number of benzene rings is 1. The number of aliphatic hydroxyl groups excluding tert-OH is 2. The maximum atomic E-state index is 15.4. The molecule has 0 saturated carbocycles. The summed E-state index contributed by atoms with van der Waals surface area (Å²) in [5, 5.41) is 63.3. The molecule has 0 bridgehead atoms. The number of nitrogens with one attached hydrogen (secondary N) is 16. The van der Waals surface area contributed by atoms with Gasteiger partial charge < -0.3 is 119 Å². The van der Waals surface area contributed by atoms with E-state index in [4.69, 9.17) is 23.7 Å². The minimum atomic E-state index is -1.95. The van der Waals surface area contributed by atoms with E-state index in [0.717, 1.165) is 26.7 Å². The standard InChI is InChI=1S/C81H137BrN16O23/c1-22-46(4)25-23-24-26-59(101)89-51(32-38-84-72(112)117-77(7,8)9)66(106)98-61(48(6)100)71(111)94-55(35-41-87-75(115)120-80(16,17)18)64(104)90-52-31-37-83-70(110)60(47(5)99)97-67(107)56(36-42-88-76(116)121-81(19,20)21)92-63(103)53(33-39-85-73(113)118-78(10,11)12)93-68(108)57(43-45(2)3)95-69(109)58(44-49-27-29-50(82)30-28-49)96-65(105)54(91-62(52)102)34-40-86-74(114)119-79(13,14)15/h27-30,45-48,51-58,60-61,99-100H,22-26,31-44H2,1-21H3,(H,83,110)(H,84,112)(H,85,113)(H,86,114)(H,87,115)(H,88,116)(H,89,101)(H,90,104)(H,91,102)(H,92,103)(H,93,108)(H,94,111)(H,95,109)(H,96,105)(H,97,107)(H,98,106)/t46?,47?,48?,51-,52-,53-,54-,55-,56-,57-,58?,60-,61-/m0/s1. The summed E-state index contributed by atoms with van der Waals surface area (Å²) in [6.07, 6.45) is -8.60. The summed E-state index contributed by atoms with van der Waals surface area (Å²) in [7, 11) is 0. The zero-order valence-corrected chi connectivity index (χ0v) is 75.8. The Morgan fingerprint density at radius 2 is 0.835 bits per heavy atom. The van der Waals surface area contributed by atoms with Crippen LogP contribution in [0.3, 0.4) is 0 Å². The highest BCUT2D eigenvalue weighted by molar-refractivity contribution is 9.10. The van der Waals surface area contributed by atoms with Crippen LogP contribution in [-0.2, 0) is 82.8 Å². The third-order valence-electron chi connectivity index (χ3n) is 17.6. The van der Waals surface area contributed by atoms with Gasteiger partial charge in [0.05, 0.1) is 12.2 Å². The lowest BCUT2D eigenvalue weighted by Gasteiger charge is -2.29. The van der Waals surface area contributed by atoms with Gasteiger partial charge in [-0.3, -0.25) is 52.7 Å². The molecule has 40 heteroatoms. The molecule has 4 unspecified atom stereocenters. The molecule has 0 aliphatic carbocycles. The first-order valence-corrected chi connectivity index (χ1v) is 42.0. The van der Waals surface area contributed by atoms with Gasteiger partial charge in [0.2, 0.25) is 65.0 Å². The molecule has 0 aromatic heterocycles. The highest BCUT2D eigenvalue weighted by Crippen LogP contribution is 2.18. The highest BCUT2D eigenvalue weighted by atomic mass is 79.9. The average Bonchev–Trinajstić information content (AvgIpc) is 1.33. The van der Waals surface area contributed by atoms with E-state index < -0.39 is 260 Å². The maximum Gasteiger partial charge on any atom is 0.407 e. The van der Waals surface area contributed by atoms with Crippen molar-refractivity contribution >= 4 is 111 Å². The van der Waals surface area contributed by atoms with Crippen LogP contribution in [-0.4, -0.2) is 246 Å². The van der Waals surface area contributed by atoms with Crippen LogP contribution in [0.15, 0.2) is 28.7 Å². The van der Waals surface area contributed by atoms with Gasteiger partial charge in [-0.15, -0.1) is 0 Å². The summed E-state index contributed by atoms with van der Waals surface area (Å²) in [4.78, 5) is 228. The van der Waals surface area contributed by atoms with E-state index >= 15 is 19.2 Å². The van der Waals surface area contributed by atoms with Crippen molar-refractivity contribution in [2.75, 3.05) is 39.3 Å². The molecule has 1 aliphatic heterocycles. The van der Waals surface area contributed by atoms with Gasteiger partial charge in [-0.1, -0.05) is 75.0 Å². The van der Waals surface area contributed by atoms with E-state index in [9.17, 15) is 67.7 Å². The number of aliphatic hydroxyl groups is 2. The fourth-order valence-corrected chi connectivity index (χ4v) is 11.7. The Labute approximate surface area is 718 Å². The molecule has 686 valence electrons. The number of alkyl carbamates (subject to hydrolysis) is 5. The molecule has 121 heavy (non-hydrogen) atoms. The molecule has 1 fully saturated rings. The molecule has 13 atom stereocenters. The molecule has 0 spiro atoms. The van der Waals surface area contributed by atoms with Gasteiger partial charge in [-0.25, -0.2) is 24.0 Å². The summed E-state index contributed by atoms with van der Waals surface area (Å²) in [6.45, 7) is 31.2. The monoisotopic (exact) mass is 1780 g/mol. The third kappa shape index (κ3) is 46.7. The molecule has 18 N–H and O–H groups in total. The summed E-state index contributed by atoms with van der Waals surface area (Å²) in [5.74, 6) is -11.8. The Balaban J connectivity index is 3.13. The quantitative estimate of drug-likeness (QED) is 0.0347. The highest BCUT2D eigenvalue weighted by Gasteiger charge is 2.39. The predicted octanol–water partition coefficient (Wildman–Crippen LogP) is 3.35. The summed E-state index contributed by atoms with van der Waals surface area (Å²) >= 11 is 3.40. The fraction of sp³-hybridized carbons (Fsp3) is 0.728. The maximum absolute atomic E-state index is 15.4. The Morgan fingerprint density at radius 1 is 0.455 bits per heavy atom. The van der Waals surface area contributed by atoms with Crippen LogP contribution in [0.5, 0.6) is 0 Å². The molecular formula is C81H137BrN16O23. The van der Waals surface area contributed by atoms with E-state index in [1.807, 2.05) is 6.92 Å². The fourth-order valence-electron chi connectivity index (χ4n) is 11.5. The van der Waals surface area contributed by atoms with Gasteiger partial charge in [-0.2, -0.15) is 0 Å². The number of hydrogen-bond donors (Lipinski definition) is 18. The largest absolute Gasteiger partial charge is 0.444 e. The molecule has 16 amide bonds. The zero-order chi connectivity index (χ0) is 92.1. The van der Waals surface area contributed by atoms with Crippen molar-refractivity contribution in [1.82, 2.24) is 85.1 Å². The van der Waals surface area contributed by atoms with E-state index in [0.29, 0.717) is 28.8 Å². The van der Waals surface area contributed by atoms with Crippen molar-refractivity contribution in [3.8, 4) is 0 Å². The summed E-state index contributed by atoms with van der Waals surface area (Å²) in [6, 6.07) is -11.1. The molecule has 2 rings (SSSR count). The van der Waals surface area contributed by atoms with Crippen LogP contribution in [0, 0.1) is 11.8 Å². The lowest BCUT2D eigenvalue weighted by molar-refractivity contribution is -0.137. The first-order chi connectivity index (χ1) is 55.9. The predicted molar refractivity (Wildman–Crippen MR) is 450 cm³/mol. The van der Waals surface area contributed by atoms with Crippen LogP contribution in [0.4, 0.5) is 24.0 Å². The number of carbonyl (C=O) groups is 16. The smallest absolute Gasteiger partial charge is 0.407 e. The number of unbranched alkanes of at least 4 members (excludes halogenated alkanes) is 1. The number of halogens is 1. The van der Waals surface area contributed by atoms with E-state index in [1.54, 1.807) is 142 Å². The lowest BCUT2D eigenvalue weighted by Crippen LogP contribution is -2.62. The number of carbonyl (C=O) groups excluding carboxylic acids is 16. The summed E-state index contributed by atoms with van der Waals surface area (Å²) in [5.41, 5.74) is -4.52. The molecular weight excluding hydrogens is 1640 g/mol. The Kier molecular flexibility index (Phi) is 45.3. The van der Waals surface area contributed by atoms with Crippen molar-refractivity contribution < 1.29 is 111 Å². The number of amides is 16. The van der Waals surface area contributed by atoms with Crippen LogP contribution in [0.1, 0.15) is 228 Å². The summed E-state index contributed by atoms with van der Waals surface area (Å²) < 4.78 is 27.6. The second-order valence-electron chi connectivity index (χ2n) is 35.4. The first kappa shape index (κ1) is 107. The molecule has 1 heterocycles. The number of rotatable bonds is 34. The third-order valence-corrected chi connectivity index (χ3v) is 18.1. The molecule has 1 aromatic rings. The zero-order valence-electron chi connectivity index (χ0n) is 74.2. The van der Waals surface area contributed by atoms with Gasteiger partial charge in [0.25, 0.3) is 0 Å². The minimum Gasteiger partial charge on any atom is -0.444 e. The molecule has 1 saturated heterocycles. The minimum absolute atomic E-state index is 0.00285. The van der Waals surface area contributed by atoms with Crippen LogP contribution < -0.4 is 85.1 Å². The van der Waals surface area contributed by atoms with Crippen molar-refractivity contribution in [2.24, 2.45) is 11.8 Å². The molecule has 1 aliphatic rings. The Hall–Kier alpha value is -9.86. The average molecular weight is 1780 g/mol. The van der Waals surface area contributed by atoms with E-state index in [-0.39, 0.29) is 38.8 Å². The van der Waals surface area contributed by atoms with E-state index in [2.05, 4.69) is 108 Å². The SMILES string of the molecule is CCC(C)CCCCC(=O)N[C@@H](CCNC(=O)OC(C)(C)C)C(=O)N[C@H](C(=O)N[C@@H](CCNC(=O)OC(C)(C)C)C(=O)N[C@H]1CCNC(=O)[C@H](C(C)O)NC(=O)[C@H](CCNC(=O)OC(C)(C)C)NC(=O)[C@H](CCNC(=O)OC(C)(C)C)NC(=O)[C@H](CC(C)C)NC(=O)C(Cc2ccc(Br)cc2)NC(=O)[C@H](CCNC(=O)OC(C)(C)C)NC1=O)C(C)O. The van der Waals surface area contributed by atoms with Gasteiger partial charge in [0.15, 0.2) is 0 Å². The second kappa shape index (κ2) is 51.2. The second-order valence-corrected chi connectivity index (χ2v) is 36.3. The Bertz CT molecular complexity index is 3610. The molecule has 1 aromatic carbocycles.